The zero-order valence-corrected chi connectivity index (χ0v) is 11.9. The maximum atomic E-state index is 8.74. The van der Waals surface area contributed by atoms with Crippen molar-refractivity contribution in [3.8, 4) is 0 Å². The van der Waals surface area contributed by atoms with Crippen molar-refractivity contribution in [2.24, 2.45) is 0 Å². The summed E-state index contributed by atoms with van der Waals surface area (Å²) in [6, 6.07) is 5.94. The van der Waals surface area contributed by atoms with E-state index in [0.717, 1.165) is 41.8 Å². The van der Waals surface area contributed by atoms with Gasteiger partial charge < -0.3 is 20.5 Å². The van der Waals surface area contributed by atoms with Crippen molar-refractivity contribution in [2.75, 3.05) is 36.9 Å². The van der Waals surface area contributed by atoms with Gasteiger partial charge in [-0.2, -0.15) is 0 Å². The molecule has 1 saturated heterocycles. The fraction of sp³-hybridized carbons (Fsp3) is 0.538. The number of ether oxygens (including phenoxy) is 1. The molecule has 5 heteroatoms. The van der Waals surface area contributed by atoms with Gasteiger partial charge in [0.2, 0.25) is 0 Å². The molecule has 1 aliphatic heterocycles. The number of aliphatic hydroxyl groups excluding tert-OH is 1. The normalized spacial score (nSPS) is 17.1. The third-order valence-corrected chi connectivity index (χ3v) is 3.71. The summed E-state index contributed by atoms with van der Waals surface area (Å²) in [5, 5.41) is 8.74. The third kappa shape index (κ3) is 3.37. The number of aliphatic hydroxyl groups is 1. The monoisotopic (exact) mass is 314 g/mol. The van der Waals surface area contributed by atoms with E-state index in [1.165, 1.54) is 0 Å². The lowest BCUT2D eigenvalue weighted by Crippen LogP contribution is -2.37. The van der Waals surface area contributed by atoms with Crippen molar-refractivity contribution < 1.29 is 9.84 Å². The Hall–Kier alpha value is -0.780. The molecular formula is C13H19BrN2O2. The molecule has 0 radical (unpaired) electrons. The van der Waals surface area contributed by atoms with Crippen LogP contribution in [0, 0.1) is 0 Å². The zero-order chi connectivity index (χ0) is 13.0. The van der Waals surface area contributed by atoms with Gasteiger partial charge in [0.25, 0.3) is 0 Å². The van der Waals surface area contributed by atoms with Crippen LogP contribution in [0.5, 0.6) is 0 Å². The van der Waals surface area contributed by atoms with Crippen LogP contribution in [-0.4, -0.2) is 37.5 Å². The van der Waals surface area contributed by atoms with Crippen molar-refractivity contribution >= 4 is 27.3 Å². The molecule has 2 rings (SSSR count). The lowest BCUT2D eigenvalue weighted by Gasteiger charge is -2.34. The van der Waals surface area contributed by atoms with Crippen molar-refractivity contribution in [3.63, 3.8) is 0 Å². The van der Waals surface area contributed by atoms with Crippen LogP contribution in [0.15, 0.2) is 22.7 Å². The van der Waals surface area contributed by atoms with Crippen molar-refractivity contribution in [1.82, 2.24) is 0 Å². The highest BCUT2D eigenvalue weighted by atomic mass is 79.9. The zero-order valence-electron chi connectivity index (χ0n) is 10.3. The first-order chi connectivity index (χ1) is 8.70. The van der Waals surface area contributed by atoms with E-state index < -0.39 is 0 Å². The molecule has 0 aromatic heterocycles. The second-order valence-electron chi connectivity index (χ2n) is 4.48. The number of hydrogen-bond donors (Lipinski definition) is 2. The summed E-state index contributed by atoms with van der Waals surface area (Å²) in [4.78, 5) is 2.29. The minimum Gasteiger partial charge on any atom is -0.397 e. The Kier molecular flexibility index (Phi) is 4.86. The standard InChI is InChI=1S/C13H19BrN2O2/c14-10-1-2-12(15)13(9-10)16-5-3-11(4-6-16)18-8-7-17/h1-2,9,11,17H,3-8,15H2. The molecular weight excluding hydrogens is 296 g/mol. The Labute approximate surface area is 116 Å². The predicted molar refractivity (Wildman–Crippen MR) is 76.8 cm³/mol. The van der Waals surface area contributed by atoms with Crippen LogP contribution in [0.3, 0.4) is 0 Å². The van der Waals surface area contributed by atoms with E-state index in [4.69, 9.17) is 15.6 Å². The van der Waals surface area contributed by atoms with Crippen molar-refractivity contribution in [2.45, 2.75) is 18.9 Å². The molecule has 0 amide bonds. The summed E-state index contributed by atoms with van der Waals surface area (Å²) in [6.45, 7) is 2.41. The van der Waals surface area contributed by atoms with Crippen LogP contribution in [-0.2, 0) is 4.74 Å². The van der Waals surface area contributed by atoms with E-state index in [2.05, 4.69) is 26.9 Å². The van der Waals surface area contributed by atoms with E-state index in [-0.39, 0.29) is 12.7 Å². The highest BCUT2D eigenvalue weighted by Crippen LogP contribution is 2.29. The first kappa shape index (κ1) is 13.6. The lowest BCUT2D eigenvalue weighted by molar-refractivity contribution is 0.0159. The van der Waals surface area contributed by atoms with Gasteiger partial charge in [-0.3, -0.25) is 0 Å². The molecule has 0 saturated carbocycles. The maximum Gasteiger partial charge on any atom is 0.0701 e. The summed E-state index contributed by atoms with van der Waals surface area (Å²) >= 11 is 3.47. The summed E-state index contributed by atoms with van der Waals surface area (Å²) < 4.78 is 6.60. The Bertz CT molecular complexity index is 393. The fourth-order valence-electron chi connectivity index (χ4n) is 2.27. The summed E-state index contributed by atoms with van der Waals surface area (Å²) in [5.41, 5.74) is 7.91. The van der Waals surface area contributed by atoms with E-state index in [1.807, 2.05) is 12.1 Å². The molecule has 0 bridgehead atoms. The van der Waals surface area contributed by atoms with Gasteiger partial charge in [0.1, 0.15) is 0 Å². The Balaban J connectivity index is 1.94. The van der Waals surface area contributed by atoms with E-state index >= 15 is 0 Å². The quantitative estimate of drug-likeness (QED) is 0.835. The van der Waals surface area contributed by atoms with Crippen LogP contribution >= 0.6 is 15.9 Å². The minimum absolute atomic E-state index is 0.0960. The number of halogens is 1. The molecule has 0 atom stereocenters. The number of piperidine rings is 1. The van der Waals surface area contributed by atoms with Crippen molar-refractivity contribution in [3.05, 3.63) is 22.7 Å². The molecule has 0 unspecified atom stereocenters. The topological polar surface area (TPSA) is 58.7 Å². The molecule has 1 aromatic rings. The van der Waals surface area contributed by atoms with Gasteiger partial charge in [-0.25, -0.2) is 0 Å². The second kappa shape index (κ2) is 6.41. The van der Waals surface area contributed by atoms with E-state index in [9.17, 15) is 0 Å². The molecule has 18 heavy (non-hydrogen) atoms. The number of nitrogens with zero attached hydrogens (tertiary/aromatic N) is 1. The molecule has 3 N–H and O–H groups in total. The van der Waals surface area contributed by atoms with Gasteiger partial charge in [-0.15, -0.1) is 0 Å². The van der Waals surface area contributed by atoms with Gasteiger partial charge >= 0.3 is 0 Å². The molecule has 0 aliphatic carbocycles. The largest absolute Gasteiger partial charge is 0.397 e. The Morgan fingerprint density at radius 3 is 2.78 bits per heavy atom. The lowest BCUT2D eigenvalue weighted by atomic mass is 10.1. The van der Waals surface area contributed by atoms with Crippen LogP contribution < -0.4 is 10.6 Å². The van der Waals surface area contributed by atoms with Crippen LogP contribution in [0.1, 0.15) is 12.8 Å². The predicted octanol–water partition coefficient (Wildman–Crippen LogP) is 2.01. The maximum absolute atomic E-state index is 8.74. The van der Waals surface area contributed by atoms with E-state index in [0.29, 0.717) is 6.61 Å². The van der Waals surface area contributed by atoms with Crippen LogP contribution in [0.25, 0.3) is 0 Å². The average Bonchev–Trinajstić information content (AvgIpc) is 2.40. The molecule has 1 heterocycles. The van der Waals surface area contributed by atoms with Gasteiger partial charge in [0.15, 0.2) is 0 Å². The molecule has 1 aromatic carbocycles. The fourth-order valence-corrected chi connectivity index (χ4v) is 2.62. The van der Waals surface area contributed by atoms with Gasteiger partial charge in [0.05, 0.1) is 30.7 Å². The minimum atomic E-state index is 0.0960. The average molecular weight is 315 g/mol. The number of anilines is 2. The summed E-state index contributed by atoms with van der Waals surface area (Å²) in [6.07, 6.45) is 2.22. The van der Waals surface area contributed by atoms with Gasteiger partial charge in [-0.05, 0) is 31.0 Å². The molecule has 100 valence electrons. The Morgan fingerprint density at radius 1 is 1.39 bits per heavy atom. The summed E-state index contributed by atoms with van der Waals surface area (Å²) in [7, 11) is 0. The summed E-state index contributed by atoms with van der Waals surface area (Å²) in [5.74, 6) is 0. The second-order valence-corrected chi connectivity index (χ2v) is 5.40. The SMILES string of the molecule is Nc1ccc(Br)cc1N1CCC(OCCO)CC1. The van der Waals surface area contributed by atoms with Crippen LogP contribution in [0.2, 0.25) is 0 Å². The molecule has 1 aliphatic rings. The first-order valence-corrected chi connectivity index (χ1v) is 7.02. The van der Waals surface area contributed by atoms with Gasteiger partial charge in [-0.1, -0.05) is 15.9 Å². The number of nitrogens with two attached hydrogens (primary N) is 1. The smallest absolute Gasteiger partial charge is 0.0701 e. The Morgan fingerprint density at radius 2 is 2.11 bits per heavy atom. The number of benzene rings is 1. The number of rotatable bonds is 4. The molecule has 1 fully saturated rings. The highest BCUT2D eigenvalue weighted by Gasteiger charge is 2.21. The number of nitrogen functional groups attached to an aromatic ring is 1. The van der Waals surface area contributed by atoms with Crippen LogP contribution in [0.4, 0.5) is 11.4 Å². The van der Waals surface area contributed by atoms with Crippen molar-refractivity contribution in [1.29, 1.82) is 0 Å². The first-order valence-electron chi connectivity index (χ1n) is 6.23. The highest BCUT2D eigenvalue weighted by molar-refractivity contribution is 9.10. The molecule has 0 spiro atoms. The third-order valence-electron chi connectivity index (χ3n) is 3.22. The number of hydrogen-bond acceptors (Lipinski definition) is 4. The molecule has 4 nitrogen and oxygen atoms in total. The van der Waals surface area contributed by atoms with E-state index in [1.54, 1.807) is 0 Å². The van der Waals surface area contributed by atoms with Gasteiger partial charge in [0, 0.05) is 17.6 Å².